The molecule has 1 heterocycles. The van der Waals surface area contributed by atoms with Gasteiger partial charge in [0.15, 0.2) is 0 Å². The summed E-state index contributed by atoms with van der Waals surface area (Å²) in [7, 11) is 0. The first-order valence-electron chi connectivity index (χ1n) is 5.96. The van der Waals surface area contributed by atoms with Gasteiger partial charge in [0.25, 0.3) is 0 Å². The van der Waals surface area contributed by atoms with Crippen molar-refractivity contribution in [2.24, 2.45) is 5.73 Å². The summed E-state index contributed by atoms with van der Waals surface area (Å²) in [5, 5.41) is 0. The lowest BCUT2D eigenvalue weighted by molar-refractivity contribution is 0.0343. The van der Waals surface area contributed by atoms with Crippen molar-refractivity contribution in [2.75, 3.05) is 18.1 Å². The second-order valence-corrected chi connectivity index (χ2v) is 5.11. The molecular formula is C13H17FN2OS. The van der Waals surface area contributed by atoms with Crippen molar-refractivity contribution in [1.82, 2.24) is 0 Å². The smallest absolute Gasteiger partial charge is 0.135 e. The highest BCUT2D eigenvalue weighted by atomic mass is 32.1. The summed E-state index contributed by atoms with van der Waals surface area (Å²) in [4.78, 5) is 2.23. The molecule has 1 aromatic carbocycles. The summed E-state index contributed by atoms with van der Waals surface area (Å²) in [5.74, 6) is -0.369. The van der Waals surface area contributed by atoms with Gasteiger partial charge in [-0.2, -0.15) is 0 Å². The van der Waals surface area contributed by atoms with Crippen LogP contribution in [-0.4, -0.2) is 30.3 Å². The third-order valence-electron chi connectivity index (χ3n) is 3.16. The lowest BCUT2D eigenvalue weighted by atomic mass is 10.1. The topological polar surface area (TPSA) is 38.5 Å². The van der Waals surface area contributed by atoms with Crippen LogP contribution in [0.15, 0.2) is 18.2 Å². The van der Waals surface area contributed by atoms with Gasteiger partial charge in [-0.1, -0.05) is 12.2 Å². The zero-order valence-electron chi connectivity index (χ0n) is 10.5. The van der Waals surface area contributed by atoms with Gasteiger partial charge in [-0.15, -0.1) is 0 Å². The van der Waals surface area contributed by atoms with Crippen LogP contribution in [0.1, 0.15) is 19.4 Å². The predicted octanol–water partition coefficient (Wildman–Crippen LogP) is 2.07. The monoisotopic (exact) mass is 268 g/mol. The van der Waals surface area contributed by atoms with Gasteiger partial charge in [0, 0.05) is 23.8 Å². The van der Waals surface area contributed by atoms with Crippen LogP contribution in [0.3, 0.4) is 0 Å². The standard InChI is InChI=1S/C13H17FN2OS/c1-8-7-17-9(2)6-16(8)10-3-4-11(13(15)18)12(14)5-10/h3-5,8-9H,6-7H2,1-2H3,(H2,15,18). The first-order valence-corrected chi connectivity index (χ1v) is 6.37. The minimum atomic E-state index is -0.369. The molecule has 2 rings (SSSR count). The number of morpholine rings is 1. The van der Waals surface area contributed by atoms with Gasteiger partial charge >= 0.3 is 0 Å². The predicted molar refractivity (Wildman–Crippen MR) is 74.5 cm³/mol. The largest absolute Gasteiger partial charge is 0.389 e. The van der Waals surface area contributed by atoms with Gasteiger partial charge in [-0.25, -0.2) is 4.39 Å². The van der Waals surface area contributed by atoms with Crippen LogP contribution < -0.4 is 10.6 Å². The van der Waals surface area contributed by atoms with E-state index in [1.54, 1.807) is 6.07 Å². The fourth-order valence-corrected chi connectivity index (χ4v) is 2.31. The highest BCUT2D eigenvalue weighted by Gasteiger charge is 2.24. The van der Waals surface area contributed by atoms with E-state index >= 15 is 0 Å². The van der Waals surface area contributed by atoms with Crippen LogP contribution in [0, 0.1) is 5.82 Å². The van der Waals surface area contributed by atoms with E-state index in [-0.39, 0.29) is 23.0 Å². The SMILES string of the molecule is CC1CN(c2ccc(C(N)=S)c(F)c2)C(C)CO1. The number of hydrogen-bond acceptors (Lipinski definition) is 3. The number of benzene rings is 1. The Morgan fingerprint density at radius 3 is 2.83 bits per heavy atom. The van der Waals surface area contributed by atoms with Crippen LogP contribution in [0.25, 0.3) is 0 Å². The van der Waals surface area contributed by atoms with E-state index in [9.17, 15) is 4.39 Å². The van der Waals surface area contributed by atoms with Crippen molar-refractivity contribution >= 4 is 22.9 Å². The fourth-order valence-electron chi connectivity index (χ4n) is 2.15. The van der Waals surface area contributed by atoms with Crippen molar-refractivity contribution in [3.63, 3.8) is 0 Å². The van der Waals surface area contributed by atoms with Gasteiger partial charge in [-0.3, -0.25) is 0 Å². The molecule has 1 aliphatic heterocycles. The van der Waals surface area contributed by atoms with Gasteiger partial charge in [-0.05, 0) is 32.0 Å². The zero-order chi connectivity index (χ0) is 13.3. The van der Waals surface area contributed by atoms with Crippen LogP contribution in [-0.2, 0) is 4.74 Å². The normalized spacial score (nSPS) is 24.1. The molecule has 0 aliphatic carbocycles. The zero-order valence-corrected chi connectivity index (χ0v) is 11.3. The Morgan fingerprint density at radius 1 is 1.50 bits per heavy atom. The Morgan fingerprint density at radius 2 is 2.22 bits per heavy atom. The van der Waals surface area contributed by atoms with E-state index in [1.807, 2.05) is 13.0 Å². The molecule has 2 atom stereocenters. The highest BCUT2D eigenvalue weighted by Crippen LogP contribution is 2.24. The molecule has 3 nitrogen and oxygen atoms in total. The van der Waals surface area contributed by atoms with Gasteiger partial charge < -0.3 is 15.4 Å². The van der Waals surface area contributed by atoms with Gasteiger partial charge in [0.1, 0.15) is 10.8 Å². The molecule has 1 fully saturated rings. The Kier molecular flexibility index (Phi) is 3.82. The number of ether oxygens (including phenoxy) is 1. The molecule has 0 amide bonds. The Balaban J connectivity index is 2.28. The van der Waals surface area contributed by atoms with E-state index in [0.717, 1.165) is 12.2 Å². The number of rotatable bonds is 2. The lowest BCUT2D eigenvalue weighted by Gasteiger charge is -2.38. The third kappa shape index (κ3) is 2.62. The molecular weight excluding hydrogens is 251 g/mol. The second-order valence-electron chi connectivity index (χ2n) is 4.67. The Hall–Kier alpha value is -1.20. The number of halogens is 1. The molecule has 0 bridgehead atoms. The summed E-state index contributed by atoms with van der Waals surface area (Å²) in [6.45, 7) is 5.48. The summed E-state index contributed by atoms with van der Waals surface area (Å²) < 4.78 is 19.4. The third-order valence-corrected chi connectivity index (χ3v) is 3.38. The van der Waals surface area contributed by atoms with Crippen LogP contribution in [0.5, 0.6) is 0 Å². The summed E-state index contributed by atoms with van der Waals surface area (Å²) >= 11 is 4.80. The maximum atomic E-state index is 13.9. The molecule has 0 aromatic heterocycles. The quantitative estimate of drug-likeness (QED) is 0.833. The van der Waals surface area contributed by atoms with E-state index in [0.29, 0.717) is 12.2 Å². The molecule has 0 radical (unpaired) electrons. The molecule has 1 aromatic rings. The second kappa shape index (κ2) is 5.20. The van der Waals surface area contributed by atoms with Crippen molar-refractivity contribution in [3.8, 4) is 0 Å². The average molecular weight is 268 g/mol. The first-order chi connectivity index (χ1) is 8.49. The van der Waals surface area contributed by atoms with Crippen LogP contribution in [0.2, 0.25) is 0 Å². The Labute approximate surface area is 112 Å². The van der Waals surface area contributed by atoms with Crippen LogP contribution in [0.4, 0.5) is 10.1 Å². The molecule has 2 N–H and O–H groups in total. The van der Waals surface area contributed by atoms with Gasteiger partial charge in [0.05, 0.1) is 12.7 Å². The van der Waals surface area contributed by atoms with Gasteiger partial charge in [0.2, 0.25) is 0 Å². The maximum Gasteiger partial charge on any atom is 0.135 e. The summed E-state index contributed by atoms with van der Waals surface area (Å²) in [6.07, 6.45) is 0.152. The summed E-state index contributed by atoms with van der Waals surface area (Å²) in [6, 6.07) is 5.21. The molecule has 98 valence electrons. The molecule has 1 aliphatic rings. The lowest BCUT2D eigenvalue weighted by Crippen LogP contribution is -2.47. The maximum absolute atomic E-state index is 13.9. The number of nitrogens with zero attached hydrogens (tertiary/aromatic N) is 1. The first kappa shape index (κ1) is 13.2. The molecule has 2 unspecified atom stereocenters. The summed E-state index contributed by atoms with van der Waals surface area (Å²) in [5.41, 5.74) is 6.59. The number of thiocarbonyl (C=S) groups is 1. The van der Waals surface area contributed by atoms with Crippen molar-refractivity contribution in [1.29, 1.82) is 0 Å². The Bertz CT molecular complexity index is 466. The van der Waals surface area contributed by atoms with Crippen LogP contribution >= 0.6 is 12.2 Å². The van der Waals surface area contributed by atoms with E-state index in [1.165, 1.54) is 6.07 Å². The molecule has 1 saturated heterocycles. The molecule has 0 spiro atoms. The molecule has 18 heavy (non-hydrogen) atoms. The van der Waals surface area contributed by atoms with E-state index in [2.05, 4.69) is 11.8 Å². The van der Waals surface area contributed by atoms with E-state index < -0.39 is 0 Å². The number of anilines is 1. The van der Waals surface area contributed by atoms with Crippen molar-refractivity contribution in [3.05, 3.63) is 29.6 Å². The number of nitrogens with two attached hydrogens (primary N) is 1. The van der Waals surface area contributed by atoms with Crippen molar-refractivity contribution < 1.29 is 9.13 Å². The molecule has 0 saturated carbocycles. The minimum absolute atomic E-state index is 0.0856. The minimum Gasteiger partial charge on any atom is -0.389 e. The molecule has 5 heteroatoms. The average Bonchev–Trinajstić information content (AvgIpc) is 2.31. The fraction of sp³-hybridized carbons (Fsp3) is 0.462. The number of hydrogen-bond donors (Lipinski definition) is 1. The highest BCUT2D eigenvalue weighted by molar-refractivity contribution is 7.80. The van der Waals surface area contributed by atoms with E-state index in [4.69, 9.17) is 22.7 Å². The van der Waals surface area contributed by atoms with Crippen molar-refractivity contribution in [2.45, 2.75) is 26.0 Å².